The van der Waals surface area contributed by atoms with Gasteiger partial charge >= 0.3 is 17.9 Å². The van der Waals surface area contributed by atoms with Gasteiger partial charge in [0.15, 0.2) is 5.92 Å². The number of esters is 3. The molecule has 0 unspecified atom stereocenters. The second kappa shape index (κ2) is 7.41. The Morgan fingerprint density at radius 2 is 1.78 bits per heavy atom. The van der Waals surface area contributed by atoms with Crippen molar-refractivity contribution in [2.75, 3.05) is 21.3 Å². The van der Waals surface area contributed by atoms with Crippen LogP contribution in [-0.2, 0) is 33.3 Å². The number of fused-ring (bicyclic) bond motifs is 1. The van der Waals surface area contributed by atoms with Gasteiger partial charge in [0.25, 0.3) is 0 Å². The second-order valence-electron chi connectivity index (χ2n) is 5.32. The van der Waals surface area contributed by atoms with E-state index in [0.717, 1.165) is 12.0 Å². The monoisotopic (exact) mass is 324 g/mol. The van der Waals surface area contributed by atoms with Crippen molar-refractivity contribution in [3.8, 4) is 0 Å². The van der Waals surface area contributed by atoms with Gasteiger partial charge in [0.1, 0.15) is 6.10 Å². The van der Waals surface area contributed by atoms with Gasteiger partial charge in [-0.3, -0.25) is 14.4 Å². The predicted molar refractivity (Wildman–Crippen MR) is 78.1 cm³/mol. The molecule has 0 fully saturated rings. The maximum atomic E-state index is 11.9. The Morgan fingerprint density at radius 3 is 2.35 bits per heavy atom. The van der Waals surface area contributed by atoms with Crippen molar-refractivity contribution in [2.45, 2.75) is 25.0 Å². The fourth-order valence-corrected chi connectivity index (χ4v) is 2.89. The van der Waals surface area contributed by atoms with Crippen molar-refractivity contribution < 1.29 is 33.3 Å². The first-order valence-corrected chi connectivity index (χ1v) is 7.30. The molecule has 0 N–H and O–H groups in total. The van der Waals surface area contributed by atoms with Crippen LogP contribution < -0.4 is 0 Å². The number of ether oxygens (including phenoxy) is 4. The lowest BCUT2D eigenvalue weighted by atomic mass is 9.83. The average molecular weight is 324 g/mol. The SMILES string of the molecule is COC(=O)C(C(=O)OC)[C@@H]1C=CC2=CCC[C@H](C(=O)OC)[C@@H]2O1. The molecule has 3 atom stereocenters. The topological polar surface area (TPSA) is 88.1 Å². The molecule has 0 aromatic carbocycles. The van der Waals surface area contributed by atoms with Crippen LogP contribution in [0.4, 0.5) is 0 Å². The molecule has 0 aromatic heterocycles. The largest absolute Gasteiger partial charge is 0.469 e. The first-order valence-electron chi connectivity index (χ1n) is 7.30. The maximum Gasteiger partial charge on any atom is 0.323 e. The summed E-state index contributed by atoms with van der Waals surface area (Å²) in [7, 11) is 3.70. The Morgan fingerprint density at radius 1 is 1.13 bits per heavy atom. The summed E-state index contributed by atoms with van der Waals surface area (Å²) in [5.74, 6) is -3.57. The molecule has 126 valence electrons. The summed E-state index contributed by atoms with van der Waals surface area (Å²) in [5, 5.41) is 0. The van der Waals surface area contributed by atoms with E-state index in [0.29, 0.717) is 6.42 Å². The van der Waals surface area contributed by atoms with Crippen LogP contribution in [0.15, 0.2) is 23.8 Å². The molecule has 0 bridgehead atoms. The van der Waals surface area contributed by atoms with E-state index in [1.165, 1.54) is 21.3 Å². The highest BCUT2D eigenvalue weighted by molar-refractivity contribution is 5.96. The normalized spacial score (nSPS) is 26.1. The molecule has 2 aliphatic rings. The lowest BCUT2D eigenvalue weighted by molar-refractivity contribution is -0.168. The summed E-state index contributed by atoms with van der Waals surface area (Å²) in [5.41, 5.74) is 0.844. The molecule has 7 nitrogen and oxygen atoms in total. The average Bonchev–Trinajstić information content (AvgIpc) is 2.60. The first-order chi connectivity index (χ1) is 11.0. The third kappa shape index (κ3) is 3.44. The number of hydrogen-bond donors (Lipinski definition) is 0. The van der Waals surface area contributed by atoms with Crippen LogP contribution in [0.25, 0.3) is 0 Å². The minimum Gasteiger partial charge on any atom is -0.469 e. The zero-order valence-electron chi connectivity index (χ0n) is 13.3. The van der Waals surface area contributed by atoms with Crippen molar-refractivity contribution in [1.29, 1.82) is 0 Å². The standard InChI is InChI=1S/C16H20O7/c1-20-14(17)10-6-4-5-9-7-8-11(23-13(9)10)12(15(18)21-2)16(19)22-3/h5,7-8,10-13H,4,6H2,1-3H3/t10-,11-,13+/m0/s1. The molecule has 1 aliphatic heterocycles. The molecule has 23 heavy (non-hydrogen) atoms. The molecule has 0 radical (unpaired) electrons. The van der Waals surface area contributed by atoms with Crippen LogP contribution in [0, 0.1) is 11.8 Å². The molecule has 7 heteroatoms. The molecule has 1 aliphatic carbocycles. The first kappa shape index (κ1) is 17.2. The van der Waals surface area contributed by atoms with Gasteiger partial charge in [-0.15, -0.1) is 0 Å². The predicted octanol–water partition coefficient (Wildman–Crippen LogP) is 0.782. The Balaban J connectivity index is 2.27. The zero-order chi connectivity index (χ0) is 17.0. The van der Waals surface area contributed by atoms with Gasteiger partial charge in [-0.2, -0.15) is 0 Å². The fraction of sp³-hybridized carbons (Fsp3) is 0.562. The highest BCUT2D eigenvalue weighted by Gasteiger charge is 2.43. The Bertz CT molecular complexity index is 533. The lowest BCUT2D eigenvalue weighted by Gasteiger charge is -2.36. The Kier molecular flexibility index (Phi) is 5.54. The van der Waals surface area contributed by atoms with E-state index in [9.17, 15) is 14.4 Å². The van der Waals surface area contributed by atoms with Crippen LogP contribution >= 0.6 is 0 Å². The van der Waals surface area contributed by atoms with Gasteiger partial charge in [0.2, 0.25) is 0 Å². The van der Waals surface area contributed by atoms with Crippen molar-refractivity contribution >= 4 is 17.9 Å². The summed E-state index contributed by atoms with van der Waals surface area (Å²) in [6.45, 7) is 0. The lowest BCUT2D eigenvalue weighted by Crippen LogP contribution is -2.45. The quantitative estimate of drug-likeness (QED) is 0.429. The van der Waals surface area contributed by atoms with Gasteiger partial charge in [-0.05, 0) is 18.4 Å². The van der Waals surface area contributed by atoms with Crippen LogP contribution in [0.2, 0.25) is 0 Å². The number of carbonyl (C=O) groups is 3. The summed E-state index contributed by atoms with van der Waals surface area (Å²) < 4.78 is 20.0. The molecule has 0 aromatic rings. The van der Waals surface area contributed by atoms with Gasteiger partial charge in [-0.1, -0.05) is 18.2 Å². The Hall–Kier alpha value is -2.15. The molecule has 0 spiro atoms. The highest BCUT2D eigenvalue weighted by Crippen LogP contribution is 2.34. The number of hydrogen-bond acceptors (Lipinski definition) is 7. The van der Waals surface area contributed by atoms with Crippen LogP contribution in [-0.4, -0.2) is 51.4 Å². The van der Waals surface area contributed by atoms with E-state index in [1.54, 1.807) is 12.2 Å². The number of allylic oxidation sites excluding steroid dienone is 1. The minimum atomic E-state index is -1.23. The van der Waals surface area contributed by atoms with Crippen LogP contribution in [0.1, 0.15) is 12.8 Å². The number of methoxy groups -OCH3 is 3. The van der Waals surface area contributed by atoms with Crippen LogP contribution in [0.5, 0.6) is 0 Å². The molecule has 0 amide bonds. The van der Waals surface area contributed by atoms with E-state index in [-0.39, 0.29) is 5.97 Å². The van der Waals surface area contributed by atoms with E-state index in [1.807, 2.05) is 6.08 Å². The van der Waals surface area contributed by atoms with Crippen molar-refractivity contribution in [2.24, 2.45) is 11.8 Å². The van der Waals surface area contributed by atoms with Crippen molar-refractivity contribution in [1.82, 2.24) is 0 Å². The van der Waals surface area contributed by atoms with Gasteiger partial charge in [-0.25, -0.2) is 0 Å². The van der Waals surface area contributed by atoms with Crippen molar-refractivity contribution in [3.05, 3.63) is 23.8 Å². The van der Waals surface area contributed by atoms with E-state index >= 15 is 0 Å². The van der Waals surface area contributed by atoms with Gasteiger partial charge in [0, 0.05) is 0 Å². The van der Waals surface area contributed by atoms with E-state index < -0.39 is 36.0 Å². The van der Waals surface area contributed by atoms with E-state index in [4.69, 9.17) is 9.47 Å². The number of carbonyl (C=O) groups excluding carboxylic acids is 3. The summed E-state index contributed by atoms with van der Waals surface area (Å²) in [4.78, 5) is 35.7. The molecular formula is C16H20O7. The maximum absolute atomic E-state index is 11.9. The second-order valence-corrected chi connectivity index (χ2v) is 5.32. The molecule has 0 saturated carbocycles. The molecule has 1 heterocycles. The summed E-state index contributed by atoms with van der Waals surface area (Å²) in [6, 6.07) is 0. The Labute approximate surface area is 134 Å². The number of rotatable bonds is 4. The molecule has 2 rings (SSSR count). The minimum absolute atomic E-state index is 0.373. The third-order valence-electron chi connectivity index (χ3n) is 4.08. The fourth-order valence-electron chi connectivity index (χ4n) is 2.89. The summed E-state index contributed by atoms with van der Waals surface area (Å²) in [6.07, 6.45) is 5.27. The van der Waals surface area contributed by atoms with E-state index in [2.05, 4.69) is 9.47 Å². The van der Waals surface area contributed by atoms with Crippen molar-refractivity contribution in [3.63, 3.8) is 0 Å². The molecule has 0 saturated heterocycles. The third-order valence-corrected chi connectivity index (χ3v) is 4.08. The summed E-state index contributed by atoms with van der Waals surface area (Å²) >= 11 is 0. The van der Waals surface area contributed by atoms with Gasteiger partial charge in [0.05, 0.1) is 33.4 Å². The van der Waals surface area contributed by atoms with Crippen LogP contribution in [0.3, 0.4) is 0 Å². The van der Waals surface area contributed by atoms with Gasteiger partial charge < -0.3 is 18.9 Å². The molecular weight excluding hydrogens is 304 g/mol. The smallest absolute Gasteiger partial charge is 0.323 e. The zero-order valence-corrected chi connectivity index (χ0v) is 13.3. The highest BCUT2D eigenvalue weighted by atomic mass is 16.6.